The lowest BCUT2D eigenvalue weighted by Gasteiger charge is -2.23. The second-order valence-electron chi connectivity index (χ2n) is 7.20. The molecule has 1 saturated heterocycles. The van der Waals surface area contributed by atoms with Crippen molar-refractivity contribution in [2.45, 2.75) is 25.4 Å². The van der Waals surface area contributed by atoms with Crippen LogP contribution in [-0.4, -0.2) is 47.0 Å². The van der Waals surface area contributed by atoms with E-state index in [1.165, 1.54) is 6.07 Å². The highest BCUT2D eigenvalue weighted by Gasteiger charge is 2.31. The van der Waals surface area contributed by atoms with Crippen LogP contribution in [0.25, 0.3) is 10.2 Å². The molecule has 158 valence electrons. The lowest BCUT2D eigenvalue weighted by molar-refractivity contribution is -0.137. The molecule has 0 spiro atoms. The lowest BCUT2D eigenvalue weighted by Crippen LogP contribution is -2.35. The van der Waals surface area contributed by atoms with Gasteiger partial charge >= 0.3 is 6.18 Å². The van der Waals surface area contributed by atoms with Crippen molar-refractivity contribution in [3.05, 3.63) is 53.2 Å². The Hall–Kier alpha value is -2.68. The number of hydrogen-bond donors (Lipinski definition) is 0. The lowest BCUT2D eigenvalue weighted by atomic mass is 10.2. The number of amides is 1. The first-order valence-corrected chi connectivity index (χ1v) is 10.6. The van der Waals surface area contributed by atoms with E-state index in [9.17, 15) is 18.0 Å². The Balaban J connectivity index is 1.32. The van der Waals surface area contributed by atoms with Crippen LogP contribution in [0.2, 0.25) is 0 Å². The van der Waals surface area contributed by atoms with Gasteiger partial charge in [0.1, 0.15) is 5.82 Å². The maximum atomic E-state index is 12.7. The summed E-state index contributed by atoms with van der Waals surface area (Å²) in [6.07, 6.45) is -1.77. The van der Waals surface area contributed by atoms with Crippen LogP contribution >= 0.6 is 11.3 Å². The van der Waals surface area contributed by atoms with Crippen LogP contribution < -0.4 is 4.90 Å². The molecule has 0 radical (unpaired) electrons. The predicted molar refractivity (Wildman–Crippen MR) is 111 cm³/mol. The topological polar surface area (TPSA) is 49.3 Å². The zero-order valence-corrected chi connectivity index (χ0v) is 17.0. The normalized spacial score (nSPS) is 15.4. The Morgan fingerprint density at radius 3 is 2.63 bits per heavy atom. The molecule has 2 aromatic heterocycles. The maximum absolute atomic E-state index is 12.7. The number of benzene rings is 1. The molecule has 5 nitrogen and oxygen atoms in total. The number of carbonyl (C=O) groups is 1. The molecular formula is C21H21F3N4OS. The summed E-state index contributed by atoms with van der Waals surface area (Å²) in [6.45, 7) is 2.36. The first kappa shape index (κ1) is 20.6. The Morgan fingerprint density at radius 2 is 1.90 bits per heavy atom. The van der Waals surface area contributed by atoms with E-state index in [-0.39, 0.29) is 5.91 Å². The van der Waals surface area contributed by atoms with Crippen molar-refractivity contribution in [3.8, 4) is 0 Å². The van der Waals surface area contributed by atoms with Crippen LogP contribution in [0.15, 0.2) is 42.6 Å². The largest absolute Gasteiger partial charge is 0.417 e. The second kappa shape index (κ2) is 8.59. The standard InChI is InChI=1S/C21H21F3N4OS/c22-21(23,24)15-6-7-18(25-14-15)27-10-3-11-28(13-12-27)20(29)9-8-19-26-16-4-1-2-5-17(16)30-19/h1-2,4-7,14H,3,8-13H2. The Bertz CT molecular complexity index is 986. The number of alkyl halides is 3. The van der Waals surface area contributed by atoms with Gasteiger partial charge in [-0.25, -0.2) is 9.97 Å². The quantitative estimate of drug-likeness (QED) is 0.612. The number of halogens is 3. The van der Waals surface area contributed by atoms with Crippen LogP contribution in [0.5, 0.6) is 0 Å². The number of aromatic nitrogens is 2. The van der Waals surface area contributed by atoms with Crippen LogP contribution in [0.4, 0.5) is 19.0 Å². The number of pyridine rings is 1. The van der Waals surface area contributed by atoms with Crippen LogP contribution in [-0.2, 0) is 17.4 Å². The third kappa shape index (κ3) is 4.72. The van der Waals surface area contributed by atoms with E-state index in [1.54, 1.807) is 11.3 Å². The summed E-state index contributed by atoms with van der Waals surface area (Å²) in [4.78, 5) is 25.0. The fourth-order valence-electron chi connectivity index (χ4n) is 3.54. The van der Waals surface area contributed by atoms with E-state index in [2.05, 4.69) is 9.97 Å². The number of anilines is 1. The zero-order chi connectivity index (χ0) is 21.1. The third-order valence-corrected chi connectivity index (χ3v) is 6.23. The van der Waals surface area contributed by atoms with E-state index in [0.29, 0.717) is 44.8 Å². The van der Waals surface area contributed by atoms with Crippen LogP contribution in [0, 0.1) is 0 Å². The molecule has 1 aromatic carbocycles. The molecule has 1 aliphatic rings. The van der Waals surface area contributed by atoms with Crippen molar-refractivity contribution in [3.63, 3.8) is 0 Å². The molecular weight excluding hydrogens is 413 g/mol. The molecule has 0 unspecified atom stereocenters. The molecule has 3 heterocycles. The minimum Gasteiger partial charge on any atom is -0.355 e. The van der Waals surface area contributed by atoms with Crippen molar-refractivity contribution in [1.82, 2.24) is 14.9 Å². The molecule has 4 rings (SSSR count). The van der Waals surface area contributed by atoms with Gasteiger partial charge in [-0.1, -0.05) is 12.1 Å². The number of nitrogens with zero attached hydrogens (tertiary/aromatic N) is 4. The summed E-state index contributed by atoms with van der Waals surface area (Å²) in [5.74, 6) is 0.586. The van der Waals surface area contributed by atoms with Gasteiger partial charge in [0.15, 0.2) is 0 Å². The summed E-state index contributed by atoms with van der Waals surface area (Å²) in [5, 5.41) is 0.954. The van der Waals surface area contributed by atoms with Crippen molar-refractivity contribution in [2.24, 2.45) is 0 Å². The van der Waals surface area contributed by atoms with Gasteiger partial charge in [0, 0.05) is 45.2 Å². The van der Waals surface area contributed by atoms with E-state index in [1.807, 2.05) is 34.1 Å². The summed E-state index contributed by atoms with van der Waals surface area (Å²) in [6, 6.07) is 10.4. The summed E-state index contributed by atoms with van der Waals surface area (Å²) in [7, 11) is 0. The van der Waals surface area contributed by atoms with Gasteiger partial charge in [-0.15, -0.1) is 11.3 Å². The van der Waals surface area contributed by atoms with Crippen molar-refractivity contribution >= 4 is 33.3 Å². The Kier molecular flexibility index (Phi) is 5.90. The molecule has 1 aliphatic heterocycles. The molecule has 0 bridgehead atoms. The maximum Gasteiger partial charge on any atom is 0.417 e. The smallest absolute Gasteiger partial charge is 0.355 e. The highest BCUT2D eigenvalue weighted by molar-refractivity contribution is 7.18. The van der Waals surface area contributed by atoms with Gasteiger partial charge in [0.25, 0.3) is 0 Å². The molecule has 1 fully saturated rings. The molecule has 0 N–H and O–H groups in total. The number of fused-ring (bicyclic) bond motifs is 1. The van der Waals surface area contributed by atoms with Crippen molar-refractivity contribution in [1.29, 1.82) is 0 Å². The molecule has 30 heavy (non-hydrogen) atoms. The van der Waals surface area contributed by atoms with Crippen LogP contribution in [0.3, 0.4) is 0 Å². The van der Waals surface area contributed by atoms with Crippen molar-refractivity contribution < 1.29 is 18.0 Å². The Morgan fingerprint density at radius 1 is 1.07 bits per heavy atom. The molecule has 0 aliphatic carbocycles. The highest BCUT2D eigenvalue weighted by Crippen LogP contribution is 2.29. The summed E-state index contributed by atoms with van der Waals surface area (Å²) >= 11 is 1.61. The first-order chi connectivity index (χ1) is 14.4. The van der Waals surface area contributed by atoms with Gasteiger partial charge in [-0.2, -0.15) is 13.2 Å². The molecule has 1 amide bonds. The zero-order valence-electron chi connectivity index (χ0n) is 16.2. The Labute approximate surface area is 176 Å². The van der Waals surface area contributed by atoms with Gasteiger partial charge in [0.2, 0.25) is 5.91 Å². The highest BCUT2D eigenvalue weighted by atomic mass is 32.1. The summed E-state index contributed by atoms with van der Waals surface area (Å²) in [5.41, 5.74) is 0.201. The fourth-order valence-corrected chi connectivity index (χ4v) is 4.50. The molecule has 0 atom stereocenters. The number of rotatable bonds is 4. The molecule has 3 aromatic rings. The molecule has 9 heteroatoms. The number of para-hydroxylation sites is 1. The number of carbonyl (C=O) groups excluding carboxylic acids is 1. The van der Waals surface area contributed by atoms with Gasteiger partial charge in [-0.3, -0.25) is 4.79 Å². The van der Waals surface area contributed by atoms with Crippen molar-refractivity contribution in [2.75, 3.05) is 31.1 Å². The van der Waals surface area contributed by atoms with E-state index < -0.39 is 11.7 Å². The van der Waals surface area contributed by atoms with E-state index >= 15 is 0 Å². The molecule has 0 saturated carbocycles. The average molecular weight is 434 g/mol. The van der Waals surface area contributed by atoms with Gasteiger partial charge < -0.3 is 9.80 Å². The monoisotopic (exact) mass is 434 g/mol. The van der Waals surface area contributed by atoms with Gasteiger partial charge in [0.05, 0.1) is 20.8 Å². The third-order valence-electron chi connectivity index (χ3n) is 5.14. The predicted octanol–water partition coefficient (Wildman–Crippen LogP) is 4.38. The first-order valence-electron chi connectivity index (χ1n) is 9.80. The number of hydrogen-bond acceptors (Lipinski definition) is 5. The average Bonchev–Trinajstić information content (AvgIpc) is 2.99. The van der Waals surface area contributed by atoms with Gasteiger partial charge in [-0.05, 0) is 30.7 Å². The SMILES string of the molecule is O=C(CCc1nc2ccccc2s1)N1CCCN(c2ccc(C(F)(F)F)cn2)CC1. The number of thiazole rings is 1. The second-order valence-corrected chi connectivity index (χ2v) is 8.31. The van der Waals surface area contributed by atoms with Crippen LogP contribution in [0.1, 0.15) is 23.4 Å². The summed E-state index contributed by atoms with van der Waals surface area (Å²) < 4.78 is 39.3. The van der Waals surface area contributed by atoms with E-state index in [0.717, 1.165) is 33.9 Å². The minimum absolute atomic E-state index is 0.0801. The van der Waals surface area contributed by atoms with E-state index in [4.69, 9.17) is 0 Å². The number of aryl methyl sites for hydroxylation is 1. The fraction of sp³-hybridized carbons (Fsp3) is 0.381. The minimum atomic E-state index is -4.39.